The highest BCUT2D eigenvalue weighted by Gasteiger charge is 2.33. The maximum atomic E-state index is 14.3. The summed E-state index contributed by atoms with van der Waals surface area (Å²) < 4.78 is 6.27. The Balaban J connectivity index is 1.39. The van der Waals surface area contributed by atoms with Crippen molar-refractivity contribution in [1.82, 2.24) is 0 Å². The lowest BCUT2D eigenvalue weighted by Gasteiger charge is -2.24. The van der Waals surface area contributed by atoms with E-state index >= 15 is 0 Å². The van der Waals surface area contributed by atoms with E-state index in [2.05, 4.69) is 0 Å². The van der Waals surface area contributed by atoms with Crippen molar-refractivity contribution in [2.75, 3.05) is 0 Å². The van der Waals surface area contributed by atoms with Gasteiger partial charge in [0.1, 0.15) is 17.4 Å². The molecule has 0 amide bonds. The predicted octanol–water partition coefficient (Wildman–Crippen LogP) is 8.94. The Bertz CT molecular complexity index is 2110. The standard InChI is InChI=1S/C39H28O4/c40-33-23-21-26-12-5-8-18-30(26)36(33)37-31-19-9-6-13-27(31)22-24-34(37)43-39(42)35(28-14-2-1-3-15-28)38(41)32-20-10-16-25-11-4-7-17-29(25)32/h1-24,35,38,40-41H/t35-,38-/m0/s1. The third kappa shape index (κ3) is 4.78. The van der Waals surface area contributed by atoms with Crippen LogP contribution in [-0.4, -0.2) is 16.2 Å². The number of hydrogen-bond acceptors (Lipinski definition) is 4. The van der Waals surface area contributed by atoms with E-state index < -0.39 is 18.0 Å². The molecule has 0 heterocycles. The summed E-state index contributed by atoms with van der Waals surface area (Å²) in [5, 5.41) is 28.5. The zero-order chi connectivity index (χ0) is 29.3. The molecule has 7 aromatic carbocycles. The van der Waals surface area contributed by atoms with Gasteiger partial charge in [-0.1, -0.05) is 133 Å². The zero-order valence-electron chi connectivity index (χ0n) is 23.2. The first kappa shape index (κ1) is 26.4. The van der Waals surface area contributed by atoms with Crippen LogP contribution in [0.25, 0.3) is 43.4 Å². The van der Waals surface area contributed by atoms with Gasteiger partial charge in [0, 0.05) is 11.1 Å². The van der Waals surface area contributed by atoms with Crippen LogP contribution in [0.1, 0.15) is 23.1 Å². The summed E-state index contributed by atoms with van der Waals surface area (Å²) in [6.45, 7) is 0. The number of aliphatic hydroxyl groups excluding tert-OH is 1. The SMILES string of the molecule is O=C(Oc1ccc2ccccc2c1-c1c(O)ccc2ccccc12)[C@@H](c1ccccc1)[C@@H](O)c1cccc2ccccc12. The number of rotatable bonds is 6. The number of hydrogen-bond donors (Lipinski definition) is 2. The van der Waals surface area contributed by atoms with Crippen molar-refractivity contribution >= 4 is 38.3 Å². The fourth-order valence-electron chi connectivity index (χ4n) is 6.08. The third-order valence-corrected chi connectivity index (χ3v) is 8.13. The second-order valence-corrected chi connectivity index (χ2v) is 10.7. The van der Waals surface area contributed by atoms with E-state index in [1.54, 1.807) is 12.1 Å². The van der Waals surface area contributed by atoms with Crippen LogP contribution in [0.3, 0.4) is 0 Å². The van der Waals surface area contributed by atoms with Gasteiger partial charge in [0.15, 0.2) is 0 Å². The number of aromatic hydroxyl groups is 1. The van der Waals surface area contributed by atoms with Crippen LogP contribution in [-0.2, 0) is 4.79 Å². The normalized spacial score (nSPS) is 12.8. The fraction of sp³-hybridized carbons (Fsp3) is 0.0513. The van der Waals surface area contributed by atoms with Gasteiger partial charge < -0.3 is 14.9 Å². The maximum absolute atomic E-state index is 14.3. The Morgan fingerprint density at radius 3 is 1.77 bits per heavy atom. The summed E-state index contributed by atoms with van der Waals surface area (Å²) in [5.74, 6) is -1.21. The molecule has 0 unspecified atom stereocenters. The van der Waals surface area contributed by atoms with Crippen molar-refractivity contribution in [1.29, 1.82) is 0 Å². The molecule has 4 nitrogen and oxygen atoms in total. The minimum Gasteiger partial charge on any atom is -0.507 e. The van der Waals surface area contributed by atoms with Gasteiger partial charge in [-0.05, 0) is 55.6 Å². The van der Waals surface area contributed by atoms with Crippen LogP contribution >= 0.6 is 0 Å². The van der Waals surface area contributed by atoms with Crippen molar-refractivity contribution in [3.63, 3.8) is 0 Å². The number of phenolic OH excluding ortho intramolecular Hbond substituents is 1. The second kappa shape index (κ2) is 11.1. The van der Waals surface area contributed by atoms with Crippen LogP contribution in [0.15, 0.2) is 146 Å². The van der Waals surface area contributed by atoms with E-state index in [-0.39, 0.29) is 5.75 Å². The second-order valence-electron chi connectivity index (χ2n) is 10.7. The highest BCUT2D eigenvalue weighted by atomic mass is 16.5. The Hall–Kier alpha value is -5.45. The van der Waals surface area contributed by atoms with Crippen LogP contribution in [0.4, 0.5) is 0 Å². The van der Waals surface area contributed by atoms with Gasteiger partial charge in [-0.3, -0.25) is 4.79 Å². The highest BCUT2D eigenvalue weighted by molar-refractivity contribution is 6.10. The van der Waals surface area contributed by atoms with Crippen molar-refractivity contribution in [2.45, 2.75) is 12.0 Å². The van der Waals surface area contributed by atoms with Gasteiger partial charge in [-0.2, -0.15) is 0 Å². The summed E-state index contributed by atoms with van der Waals surface area (Å²) in [6.07, 6.45) is -1.17. The molecule has 0 saturated heterocycles. The molecule has 0 bridgehead atoms. The quantitative estimate of drug-likeness (QED) is 0.157. The van der Waals surface area contributed by atoms with Crippen molar-refractivity contribution < 1.29 is 19.7 Å². The monoisotopic (exact) mass is 560 g/mol. The topological polar surface area (TPSA) is 66.8 Å². The number of fused-ring (bicyclic) bond motifs is 3. The number of aliphatic hydroxyl groups is 1. The molecule has 0 radical (unpaired) electrons. The van der Waals surface area contributed by atoms with E-state index in [1.807, 2.05) is 133 Å². The van der Waals surface area contributed by atoms with Crippen LogP contribution < -0.4 is 4.74 Å². The van der Waals surface area contributed by atoms with E-state index in [0.717, 1.165) is 32.3 Å². The van der Waals surface area contributed by atoms with Crippen LogP contribution in [0.5, 0.6) is 11.5 Å². The first-order chi connectivity index (χ1) is 21.1. The van der Waals surface area contributed by atoms with E-state index in [9.17, 15) is 15.0 Å². The van der Waals surface area contributed by atoms with Crippen molar-refractivity contribution in [2.24, 2.45) is 0 Å². The molecule has 4 heteroatoms. The van der Waals surface area contributed by atoms with Gasteiger partial charge >= 0.3 is 5.97 Å². The van der Waals surface area contributed by atoms with Gasteiger partial charge in [0.2, 0.25) is 0 Å². The van der Waals surface area contributed by atoms with E-state index in [4.69, 9.17) is 4.74 Å². The summed E-state index contributed by atoms with van der Waals surface area (Å²) in [6, 6.07) is 45.6. The summed E-state index contributed by atoms with van der Waals surface area (Å²) in [7, 11) is 0. The number of esters is 1. The summed E-state index contributed by atoms with van der Waals surface area (Å²) >= 11 is 0. The number of benzene rings is 7. The zero-order valence-corrected chi connectivity index (χ0v) is 23.2. The maximum Gasteiger partial charge on any atom is 0.321 e. The summed E-state index contributed by atoms with van der Waals surface area (Å²) in [5.41, 5.74) is 2.49. The molecular weight excluding hydrogens is 532 g/mol. The molecule has 0 aromatic heterocycles. The number of ether oxygens (including phenoxy) is 1. The van der Waals surface area contributed by atoms with Crippen molar-refractivity contribution in [3.05, 3.63) is 157 Å². The lowest BCUT2D eigenvalue weighted by atomic mass is 9.87. The Kier molecular flexibility index (Phi) is 6.82. The Labute approximate surface area is 249 Å². The van der Waals surface area contributed by atoms with Gasteiger partial charge in [0.25, 0.3) is 0 Å². The number of carbonyl (C=O) groups excluding carboxylic acids is 1. The summed E-state index contributed by atoms with van der Waals surface area (Å²) in [4.78, 5) is 14.3. The Morgan fingerprint density at radius 1 is 0.535 bits per heavy atom. The first-order valence-corrected chi connectivity index (χ1v) is 14.3. The third-order valence-electron chi connectivity index (χ3n) is 8.13. The lowest BCUT2D eigenvalue weighted by molar-refractivity contribution is -0.139. The van der Waals surface area contributed by atoms with Crippen molar-refractivity contribution in [3.8, 4) is 22.6 Å². The van der Waals surface area contributed by atoms with Gasteiger partial charge in [0.05, 0.1) is 6.10 Å². The molecule has 43 heavy (non-hydrogen) atoms. The average Bonchev–Trinajstić information content (AvgIpc) is 3.05. The molecule has 7 aromatic rings. The largest absolute Gasteiger partial charge is 0.507 e. The van der Waals surface area contributed by atoms with Gasteiger partial charge in [-0.15, -0.1) is 0 Å². The van der Waals surface area contributed by atoms with Crippen LogP contribution in [0, 0.1) is 0 Å². The highest BCUT2D eigenvalue weighted by Crippen LogP contribution is 2.46. The molecule has 0 aliphatic carbocycles. The molecule has 2 atom stereocenters. The van der Waals surface area contributed by atoms with Crippen LogP contribution in [0.2, 0.25) is 0 Å². The Morgan fingerprint density at radius 2 is 1.07 bits per heavy atom. The number of phenols is 1. The lowest BCUT2D eigenvalue weighted by Crippen LogP contribution is -2.25. The number of carbonyl (C=O) groups is 1. The molecule has 0 saturated carbocycles. The minimum absolute atomic E-state index is 0.0859. The predicted molar refractivity (Wildman–Crippen MR) is 172 cm³/mol. The van der Waals surface area contributed by atoms with E-state index in [0.29, 0.717) is 28.0 Å². The fourth-order valence-corrected chi connectivity index (χ4v) is 6.08. The molecule has 0 aliphatic heterocycles. The molecule has 208 valence electrons. The molecule has 0 aliphatic rings. The smallest absolute Gasteiger partial charge is 0.321 e. The van der Waals surface area contributed by atoms with Gasteiger partial charge in [-0.25, -0.2) is 0 Å². The minimum atomic E-state index is -1.17. The molecule has 2 N–H and O–H groups in total. The molecular formula is C39H28O4. The first-order valence-electron chi connectivity index (χ1n) is 14.3. The molecule has 0 spiro atoms. The van der Waals surface area contributed by atoms with E-state index in [1.165, 1.54) is 0 Å². The molecule has 7 rings (SSSR count). The average molecular weight is 561 g/mol. The molecule has 0 fully saturated rings.